The lowest BCUT2D eigenvalue weighted by atomic mass is 9.78. The van der Waals surface area contributed by atoms with Gasteiger partial charge in [0.25, 0.3) is 0 Å². The van der Waals surface area contributed by atoms with Crippen molar-refractivity contribution in [2.75, 3.05) is 4.90 Å². The van der Waals surface area contributed by atoms with Crippen molar-refractivity contribution in [3.63, 3.8) is 0 Å². The van der Waals surface area contributed by atoms with Gasteiger partial charge in [-0.25, -0.2) is 8.78 Å². The average molecular weight is 498 g/mol. The fourth-order valence-corrected chi connectivity index (χ4v) is 4.67. The van der Waals surface area contributed by atoms with E-state index in [1.807, 2.05) is 54.6 Å². The molecule has 0 aromatic heterocycles. The Hall–Kier alpha value is -4.32. The predicted molar refractivity (Wildman–Crippen MR) is 137 cm³/mol. The Labute approximate surface area is 214 Å². The molecule has 0 aliphatic carbocycles. The Kier molecular flexibility index (Phi) is 7.08. The van der Waals surface area contributed by atoms with Crippen molar-refractivity contribution in [2.45, 2.75) is 25.5 Å². The Morgan fingerprint density at radius 3 is 2.05 bits per heavy atom. The maximum absolute atomic E-state index is 13.5. The minimum absolute atomic E-state index is 0.118. The molecule has 1 amide bonds. The topological polar surface area (TPSA) is 46.6 Å². The third-order valence-corrected chi connectivity index (χ3v) is 6.64. The van der Waals surface area contributed by atoms with Crippen LogP contribution in [0.2, 0.25) is 0 Å². The molecule has 4 aromatic carbocycles. The third kappa shape index (κ3) is 5.43. The molecule has 1 aliphatic heterocycles. The van der Waals surface area contributed by atoms with Crippen LogP contribution >= 0.6 is 0 Å². The third-order valence-electron chi connectivity index (χ3n) is 6.64. The lowest BCUT2D eigenvalue weighted by Gasteiger charge is -2.47. The van der Waals surface area contributed by atoms with E-state index in [0.29, 0.717) is 30.0 Å². The highest BCUT2D eigenvalue weighted by Gasteiger charge is 2.48. The highest BCUT2D eigenvalue weighted by atomic mass is 19.1. The summed E-state index contributed by atoms with van der Waals surface area (Å²) in [5, 5.41) is 0. The fraction of sp³-hybridized carbons (Fsp3) is 0.161. The van der Waals surface area contributed by atoms with Gasteiger partial charge < -0.3 is 9.64 Å². The first-order chi connectivity index (χ1) is 18.0. The van der Waals surface area contributed by atoms with Crippen molar-refractivity contribution in [1.82, 2.24) is 0 Å². The predicted octanol–water partition coefficient (Wildman–Crippen LogP) is 6.91. The van der Waals surface area contributed by atoms with Gasteiger partial charge >= 0.3 is 0 Å². The summed E-state index contributed by atoms with van der Waals surface area (Å²) in [6, 6.07) is 28.3. The molecule has 1 aliphatic rings. The summed E-state index contributed by atoms with van der Waals surface area (Å²) in [5.41, 5.74) is 2.97. The second-order valence-electron chi connectivity index (χ2n) is 9.05. The first-order valence-corrected chi connectivity index (χ1v) is 12.1. The molecule has 0 radical (unpaired) electrons. The molecule has 1 fully saturated rings. The summed E-state index contributed by atoms with van der Waals surface area (Å²) in [5.74, 6) is -0.754. The summed E-state index contributed by atoms with van der Waals surface area (Å²) in [6.07, 6.45) is 0.512. The van der Waals surface area contributed by atoms with Gasteiger partial charge in [-0.2, -0.15) is 0 Å². The highest BCUT2D eigenvalue weighted by molar-refractivity contribution is 6.04. The van der Waals surface area contributed by atoms with Crippen LogP contribution in [0.5, 0.6) is 5.75 Å². The number of anilines is 1. The van der Waals surface area contributed by atoms with E-state index < -0.39 is 11.7 Å². The number of benzene rings is 4. The molecule has 186 valence electrons. The minimum Gasteiger partial charge on any atom is -0.489 e. The maximum atomic E-state index is 13.5. The van der Waals surface area contributed by atoms with Crippen LogP contribution in [0.25, 0.3) is 0 Å². The van der Waals surface area contributed by atoms with E-state index in [-0.39, 0.29) is 30.0 Å². The molecule has 6 heteroatoms. The van der Waals surface area contributed by atoms with E-state index >= 15 is 0 Å². The Bertz CT molecular complexity index is 1370. The standard InChI is InChI=1S/C31H25F2NO3/c32-24-10-6-22(7-11-24)29(35)19-18-28-30(34(31(28)36)26-14-12-25(33)13-15-26)23-8-16-27(17-9-23)37-20-21-4-2-1-3-5-21/h1-17,28,30H,18-20H2/t28-,30+/m0/s1. The quantitative estimate of drug-likeness (QED) is 0.186. The molecular formula is C31H25F2NO3. The molecule has 4 nitrogen and oxygen atoms in total. The van der Waals surface area contributed by atoms with Gasteiger partial charge in [0.1, 0.15) is 24.0 Å². The highest BCUT2D eigenvalue weighted by Crippen LogP contribution is 2.46. The number of halogens is 2. The Morgan fingerprint density at radius 1 is 0.784 bits per heavy atom. The van der Waals surface area contributed by atoms with Crippen molar-refractivity contribution < 1.29 is 23.1 Å². The number of carbonyl (C=O) groups is 2. The van der Waals surface area contributed by atoms with E-state index in [4.69, 9.17) is 4.74 Å². The molecule has 1 heterocycles. The number of Topliss-reactive ketones (excluding diaryl/α,β-unsaturated/α-hetero) is 1. The second-order valence-corrected chi connectivity index (χ2v) is 9.05. The summed E-state index contributed by atoms with van der Waals surface area (Å²) >= 11 is 0. The number of nitrogens with zero attached hydrogens (tertiary/aromatic N) is 1. The van der Waals surface area contributed by atoms with Crippen LogP contribution in [0, 0.1) is 17.6 Å². The molecule has 0 N–H and O–H groups in total. The molecule has 0 unspecified atom stereocenters. The maximum Gasteiger partial charge on any atom is 0.233 e. The van der Waals surface area contributed by atoms with Crippen LogP contribution in [0.3, 0.4) is 0 Å². The van der Waals surface area contributed by atoms with Gasteiger partial charge in [0.15, 0.2) is 5.78 Å². The Balaban J connectivity index is 1.33. The monoisotopic (exact) mass is 497 g/mol. The van der Waals surface area contributed by atoms with Gasteiger partial charge in [-0.05, 0) is 78.2 Å². The molecule has 5 rings (SSSR count). The van der Waals surface area contributed by atoms with E-state index in [0.717, 1.165) is 11.1 Å². The molecule has 37 heavy (non-hydrogen) atoms. The lowest BCUT2D eigenvalue weighted by molar-refractivity contribution is -0.130. The number of β-lactam (4-membered cyclic amide) rings is 1. The molecule has 0 spiro atoms. The minimum atomic E-state index is -0.412. The van der Waals surface area contributed by atoms with Crippen molar-refractivity contribution in [3.8, 4) is 5.75 Å². The summed E-state index contributed by atoms with van der Waals surface area (Å²) in [4.78, 5) is 27.5. The Morgan fingerprint density at radius 2 is 1.41 bits per heavy atom. The van der Waals surface area contributed by atoms with Gasteiger partial charge in [0.2, 0.25) is 5.91 Å². The SMILES string of the molecule is O=C(CC[C@@H]1C(=O)N(c2ccc(F)cc2)[C@@H]1c1ccc(OCc2ccccc2)cc1)c1ccc(F)cc1. The van der Waals surface area contributed by atoms with Gasteiger partial charge in [-0.3, -0.25) is 9.59 Å². The van der Waals surface area contributed by atoms with E-state index in [9.17, 15) is 18.4 Å². The zero-order valence-electron chi connectivity index (χ0n) is 20.0. The molecule has 0 bridgehead atoms. The molecule has 4 aromatic rings. The molecule has 1 saturated heterocycles. The second kappa shape index (κ2) is 10.7. The number of amides is 1. The smallest absolute Gasteiger partial charge is 0.233 e. The average Bonchev–Trinajstić information content (AvgIpc) is 2.93. The zero-order valence-corrected chi connectivity index (χ0v) is 20.0. The summed E-state index contributed by atoms with van der Waals surface area (Å²) in [7, 11) is 0. The largest absolute Gasteiger partial charge is 0.489 e. The number of hydrogen-bond acceptors (Lipinski definition) is 3. The van der Waals surface area contributed by atoms with Crippen LogP contribution in [-0.2, 0) is 11.4 Å². The summed E-state index contributed by atoms with van der Waals surface area (Å²) in [6.45, 7) is 0.442. The first kappa shape index (κ1) is 24.4. The van der Waals surface area contributed by atoms with E-state index in [1.165, 1.54) is 36.4 Å². The first-order valence-electron chi connectivity index (χ1n) is 12.1. The van der Waals surface area contributed by atoms with Crippen molar-refractivity contribution in [2.24, 2.45) is 5.92 Å². The van der Waals surface area contributed by atoms with E-state index in [1.54, 1.807) is 17.0 Å². The van der Waals surface area contributed by atoms with Gasteiger partial charge in [0.05, 0.1) is 12.0 Å². The van der Waals surface area contributed by atoms with Crippen molar-refractivity contribution in [3.05, 3.63) is 131 Å². The van der Waals surface area contributed by atoms with Crippen molar-refractivity contribution in [1.29, 1.82) is 0 Å². The van der Waals surface area contributed by atoms with Gasteiger partial charge in [0, 0.05) is 17.7 Å². The van der Waals surface area contributed by atoms with Gasteiger partial charge in [-0.1, -0.05) is 42.5 Å². The number of rotatable bonds is 9. The molecule has 2 atom stereocenters. The van der Waals surface area contributed by atoms with E-state index in [2.05, 4.69) is 0 Å². The molecular weight excluding hydrogens is 472 g/mol. The number of ether oxygens (including phenoxy) is 1. The number of carbonyl (C=O) groups excluding carboxylic acids is 2. The van der Waals surface area contributed by atoms with Crippen LogP contribution in [-0.4, -0.2) is 11.7 Å². The number of ketones is 1. The van der Waals surface area contributed by atoms with Crippen molar-refractivity contribution >= 4 is 17.4 Å². The van der Waals surface area contributed by atoms with Gasteiger partial charge in [-0.15, -0.1) is 0 Å². The van der Waals surface area contributed by atoms with Crippen LogP contribution in [0.15, 0.2) is 103 Å². The summed E-state index contributed by atoms with van der Waals surface area (Å²) < 4.78 is 32.6. The fourth-order valence-electron chi connectivity index (χ4n) is 4.67. The lowest BCUT2D eigenvalue weighted by Crippen LogP contribution is -2.55. The van der Waals surface area contributed by atoms with Crippen LogP contribution in [0.1, 0.15) is 40.4 Å². The molecule has 0 saturated carbocycles. The normalized spacial score (nSPS) is 16.8. The van der Waals surface area contributed by atoms with Crippen LogP contribution < -0.4 is 9.64 Å². The number of hydrogen-bond donors (Lipinski definition) is 0. The van der Waals surface area contributed by atoms with Crippen LogP contribution in [0.4, 0.5) is 14.5 Å². The zero-order chi connectivity index (χ0) is 25.8.